The molecule has 20 heavy (non-hydrogen) atoms. The second-order valence-electron chi connectivity index (χ2n) is 4.02. The van der Waals surface area contributed by atoms with Crippen molar-refractivity contribution in [2.45, 2.75) is 26.8 Å². The molecule has 0 atom stereocenters. The van der Waals surface area contributed by atoms with Gasteiger partial charge >= 0.3 is 8.80 Å². The maximum Gasteiger partial charge on any atom is 0.505 e. The van der Waals surface area contributed by atoms with Gasteiger partial charge in [0.05, 0.1) is 0 Å². The molecule has 3 nitrogen and oxygen atoms in total. The third-order valence-electron chi connectivity index (χ3n) is 2.57. The summed E-state index contributed by atoms with van der Waals surface area (Å²) >= 11 is 0. The van der Waals surface area contributed by atoms with Gasteiger partial charge in [-0.15, -0.1) is 0 Å². The summed E-state index contributed by atoms with van der Waals surface area (Å²) in [7, 11) is -3.19. The van der Waals surface area contributed by atoms with Gasteiger partial charge in [0.25, 0.3) is 0 Å². The van der Waals surface area contributed by atoms with Gasteiger partial charge in [0, 0.05) is 31.9 Å². The third-order valence-corrected chi connectivity index (χ3v) is 5.57. The van der Waals surface area contributed by atoms with Crippen molar-refractivity contribution >= 4 is 8.80 Å². The fraction of sp³-hybridized carbons (Fsp3) is 0.538. The smallest absolute Gasteiger partial charge is 0.374 e. The predicted molar refractivity (Wildman–Crippen MR) is 70.7 cm³/mol. The lowest BCUT2D eigenvalue weighted by Crippen LogP contribution is -2.49. The van der Waals surface area contributed by atoms with E-state index in [1.807, 2.05) is 0 Å². The quantitative estimate of drug-likeness (QED) is 0.545. The van der Waals surface area contributed by atoms with Crippen LogP contribution >= 0.6 is 0 Å². The zero-order valence-corrected chi connectivity index (χ0v) is 12.8. The van der Waals surface area contributed by atoms with E-state index in [0.717, 1.165) is 6.07 Å². The normalized spacial score (nSPS) is 11.9. The van der Waals surface area contributed by atoms with E-state index in [1.165, 1.54) is 0 Å². The average Bonchev–Trinajstić information content (AvgIpc) is 2.36. The number of benzene rings is 1. The highest BCUT2D eigenvalue weighted by molar-refractivity contribution is 6.60. The van der Waals surface area contributed by atoms with Gasteiger partial charge in [-0.25, -0.2) is 13.2 Å². The van der Waals surface area contributed by atoms with Crippen molar-refractivity contribution < 1.29 is 26.4 Å². The lowest BCUT2D eigenvalue weighted by atomic mass is 10.2. The van der Waals surface area contributed by atoms with Crippen LogP contribution in [0.4, 0.5) is 13.2 Å². The number of rotatable bonds is 8. The van der Waals surface area contributed by atoms with Crippen molar-refractivity contribution in [2.24, 2.45) is 0 Å². The summed E-state index contributed by atoms with van der Waals surface area (Å²) in [4.78, 5) is 0. The molecule has 0 aliphatic carbocycles. The van der Waals surface area contributed by atoms with Crippen LogP contribution in [-0.2, 0) is 19.3 Å². The molecule has 0 spiro atoms. The first-order chi connectivity index (χ1) is 9.48. The largest absolute Gasteiger partial charge is 0.505 e. The minimum Gasteiger partial charge on any atom is -0.374 e. The molecule has 1 aromatic carbocycles. The molecule has 0 unspecified atom stereocenters. The van der Waals surface area contributed by atoms with Gasteiger partial charge in [0.2, 0.25) is 0 Å². The molecule has 0 radical (unpaired) electrons. The molecule has 7 heteroatoms. The van der Waals surface area contributed by atoms with Crippen LogP contribution in [-0.4, -0.2) is 28.6 Å². The second kappa shape index (κ2) is 7.77. The van der Waals surface area contributed by atoms with Crippen LogP contribution in [0.3, 0.4) is 0 Å². The van der Waals surface area contributed by atoms with Crippen LogP contribution in [0, 0.1) is 17.5 Å². The van der Waals surface area contributed by atoms with Crippen LogP contribution in [0.15, 0.2) is 12.1 Å². The van der Waals surface area contributed by atoms with Crippen LogP contribution in [0.1, 0.15) is 26.3 Å². The lowest BCUT2D eigenvalue weighted by molar-refractivity contribution is 0.0701. The fourth-order valence-corrected chi connectivity index (χ4v) is 4.51. The minimum atomic E-state index is -3.19. The van der Waals surface area contributed by atoms with Gasteiger partial charge in [-0.1, -0.05) is 0 Å². The summed E-state index contributed by atoms with van der Waals surface area (Å²) in [6.07, 6.45) is 0. The first-order valence-electron chi connectivity index (χ1n) is 6.53. The molecule has 1 rings (SSSR count). The Bertz CT molecular complexity index is 426. The van der Waals surface area contributed by atoms with Gasteiger partial charge in [-0.2, -0.15) is 0 Å². The van der Waals surface area contributed by atoms with E-state index in [4.69, 9.17) is 13.3 Å². The van der Waals surface area contributed by atoms with Crippen molar-refractivity contribution in [3.05, 3.63) is 35.1 Å². The Balaban J connectivity index is 3.10. The molecule has 0 N–H and O–H groups in total. The van der Waals surface area contributed by atoms with E-state index in [2.05, 4.69) is 0 Å². The molecule has 114 valence electrons. The molecule has 0 saturated carbocycles. The molecular formula is C13H19F3O3Si. The summed E-state index contributed by atoms with van der Waals surface area (Å²) in [5, 5.41) is 0. The van der Waals surface area contributed by atoms with Crippen LogP contribution in [0.5, 0.6) is 0 Å². The van der Waals surface area contributed by atoms with E-state index in [0.29, 0.717) is 25.9 Å². The van der Waals surface area contributed by atoms with Crippen molar-refractivity contribution in [3.63, 3.8) is 0 Å². The standard InChI is InChI=1S/C13H19F3O3Si/c1-4-17-20(18-5-2,19-6-3)9-10-7-11(14)8-12(15)13(10)16/h7-8H,4-6,9H2,1-3H3. The summed E-state index contributed by atoms with van der Waals surface area (Å²) in [5.74, 6) is -3.17. The molecule has 1 aromatic rings. The SMILES string of the molecule is CCO[Si](Cc1cc(F)cc(F)c1F)(OCC)OCC. The first-order valence-corrected chi connectivity index (χ1v) is 8.46. The predicted octanol–water partition coefficient (Wildman–Crippen LogP) is 3.23. The fourth-order valence-electron chi connectivity index (χ4n) is 1.91. The molecule has 0 aliphatic heterocycles. The topological polar surface area (TPSA) is 27.7 Å². The van der Waals surface area contributed by atoms with Crippen LogP contribution in [0.2, 0.25) is 0 Å². The highest BCUT2D eigenvalue weighted by Gasteiger charge is 2.41. The zero-order valence-electron chi connectivity index (χ0n) is 11.8. The highest BCUT2D eigenvalue weighted by atomic mass is 28.4. The monoisotopic (exact) mass is 308 g/mol. The van der Waals surface area contributed by atoms with E-state index in [9.17, 15) is 13.2 Å². The Labute approximate surface area is 118 Å². The highest BCUT2D eigenvalue weighted by Crippen LogP contribution is 2.22. The Kier molecular flexibility index (Phi) is 6.67. The van der Waals surface area contributed by atoms with E-state index < -0.39 is 26.3 Å². The number of halogens is 3. The molecule has 0 bridgehead atoms. The molecule has 0 aliphatic rings. The van der Waals surface area contributed by atoms with Gasteiger partial charge < -0.3 is 13.3 Å². The summed E-state index contributed by atoms with van der Waals surface area (Å²) in [6.45, 7) is 6.19. The van der Waals surface area contributed by atoms with Crippen LogP contribution < -0.4 is 0 Å². The van der Waals surface area contributed by atoms with Crippen LogP contribution in [0.25, 0.3) is 0 Å². The Morgan fingerprint density at radius 1 is 0.900 bits per heavy atom. The van der Waals surface area contributed by atoms with Gasteiger partial charge in [0.15, 0.2) is 11.6 Å². The van der Waals surface area contributed by atoms with E-state index in [-0.39, 0.29) is 11.6 Å². The maximum atomic E-state index is 13.7. The van der Waals surface area contributed by atoms with Crippen molar-refractivity contribution in [1.82, 2.24) is 0 Å². The van der Waals surface area contributed by atoms with Gasteiger partial charge in [0.1, 0.15) is 5.82 Å². The van der Waals surface area contributed by atoms with E-state index >= 15 is 0 Å². The van der Waals surface area contributed by atoms with Gasteiger partial charge in [-0.05, 0) is 32.4 Å². The number of hydrogen-bond donors (Lipinski definition) is 0. The zero-order chi connectivity index (χ0) is 15.2. The average molecular weight is 308 g/mol. The Morgan fingerprint density at radius 3 is 1.85 bits per heavy atom. The van der Waals surface area contributed by atoms with Crippen molar-refractivity contribution in [3.8, 4) is 0 Å². The summed E-state index contributed by atoms with van der Waals surface area (Å²) in [6, 6.07) is 1.34. The Morgan fingerprint density at radius 2 is 1.40 bits per heavy atom. The lowest BCUT2D eigenvalue weighted by Gasteiger charge is -2.28. The van der Waals surface area contributed by atoms with E-state index in [1.54, 1.807) is 20.8 Å². The third kappa shape index (κ3) is 4.31. The second-order valence-corrected chi connectivity index (χ2v) is 6.61. The Hall–Kier alpha value is -0.893. The minimum absolute atomic E-state index is 0.108. The number of hydrogen-bond acceptors (Lipinski definition) is 3. The maximum absolute atomic E-state index is 13.7. The molecule has 0 saturated heterocycles. The molecule has 0 heterocycles. The molecular weight excluding hydrogens is 289 g/mol. The first kappa shape index (κ1) is 17.2. The molecule has 0 aromatic heterocycles. The van der Waals surface area contributed by atoms with Crippen molar-refractivity contribution in [2.75, 3.05) is 19.8 Å². The summed E-state index contributed by atoms with van der Waals surface area (Å²) < 4.78 is 56.8. The van der Waals surface area contributed by atoms with Gasteiger partial charge in [-0.3, -0.25) is 0 Å². The van der Waals surface area contributed by atoms with Crippen molar-refractivity contribution in [1.29, 1.82) is 0 Å². The molecule has 0 fully saturated rings. The molecule has 0 amide bonds. The summed E-state index contributed by atoms with van der Waals surface area (Å²) in [5.41, 5.74) is -0.135.